The fourth-order valence-corrected chi connectivity index (χ4v) is 3.62. The van der Waals surface area contributed by atoms with Gasteiger partial charge in [-0.25, -0.2) is 9.50 Å². The molecule has 1 aliphatic heterocycles. The van der Waals surface area contributed by atoms with Crippen molar-refractivity contribution in [1.29, 1.82) is 0 Å². The van der Waals surface area contributed by atoms with Crippen LogP contribution in [0.3, 0.4) is 0 Å². The summed E-state index contributed by atoms with van der Waals surface area (Å²) < 4.78 is 3.09. The predicted octanol–water partition coefficient (Wildman–Crippen LogP) is 1.59. The van der Waals surface area contributed by atoms with Crippen molar-refractivity contribution >= 4 is 11.6 Å². The standard InChI is InChI=1S/C18H22N6O2/c1-12-9-19-22(10-12)11-18(26)23-6-4-3-5-15(23)14-8-17(25)24-16(20-14)7-13(2)21-24/h7-10,15,21H,3-6,11H2,1-2H3/t15-/m0/s1. The number of carbonyl (C=O) groups is 1. The molecule has 4 heterocycles. The molecule has 1 saturated heterocycles. The summed E-state index contributed by atoms with van der Waals surface area (Å²) in [7, 11) is 0. The minimum atomic E-state index is -0.166. The molecule has 1 aliphatic rings. The number of aromatic amines is 1. The molecule has 3 aromatic heterocycles. The third-order valence-electron chi connectivity index (χ3n) is 4.82. The first-order chi connectivity index (χ1) is 12.5. The van der Waals surface area contributed by atoms with Gasteiger partial charge in [-0.1, -0.05) is 0 Å². The lowest BCUT2D eigenvalue weighted by molar-refractivity contribution is -0.136. The highest BCUT2D eigenvalue weighted by Gasteiger charge is 2.29. The average molecular weight is 354 g/mol. The first-order valence-corrected chi connectivity index (χ1v) is 8.89. The second-order valence-electron chi connectivity index (χ2n) is 6.97. The summed E-state index contributed by atoms with van der Waals surface area (Å²) in [5.74, 6) is 0.00467. The minimum Gasteiger partial charge on any atom is -0.332 e. The van der Waals surface area contributed by atoms with E-state index in [1.165, 1.54) is 10.6 Å². The van der Waals surface area contributed by atoms with Gasteiger partial charge in [-0.15, -0.1) is 0 Å². The Kier molecular flexibility index (Phi) is 4.10. The van der Waals surface area contributed by atoms with Gasteiger partial charge in [-0.2, -0.15) is 5.10 Å². The van der Waals surface area contributed by atoms with Crippen molar-refractivity contribution in [1.82, 2.24) is 29.3 Å². The Morgan fingerprint density at radius 3 is 2.92 bits per heavy atom. The number of hydrogen-bond donors (Lipinski definition) is 1. The number of fused-ring (bicyclic) bond motifs is 1. The van der Waals surface area contributed by atoms with Crippen molar-refractivity contribution in [2.24, 2.45) is 0 Å². The van der Waals surface area contributed by atoms with Crippen LogP contribution in [0.4, 0.5) is 0 Å². The normalized spacial score (nSPS) is 17.8. The van der Waals surface area contributed by atoms with E-state index < -0.39 is 0 Å². The second kappa shape index (κ2) is 6.44. The lowest BCUT2D eigenvalue weighted by atomic mass is 9.99. The molecule has 0 radical (unpaired) electrons. The number of H-pyrrole nitrogens is 1. The van der Waals surface area contributed by atoms with E-state index in [0.717, 1.165) is 30.5 Å². The van der Waals surface area contributed by atoms with Crippen LogP contribution < -0.4 is 5.56 Å². The van der Waals surface area contributed by atoms with Gasteiger partial charge in [0.1, 0.15) is 6.54 Å². The molecule has 4 rings (SSSR count). The molecule has 1 atom stereocenters. The van der Waals surface area contributed by atoms with Crippen molar-refractivity contribution in [3.05, 3.63) is 51.8 Å². The van der Waals surface area contributed by atoms with Crippen LogP contribution in [0.5, 0.6) is 0 Å². The largest absolute Gasteiger partial charge is 0.332 e. The first kappa shape index (κ1) is 16.6. The molecular formula is C18H22N6O2. The molecule has 26 heavy (non-hydrogen) atoms. The first-order valence-electron chi connectivity index (χ1n) is 8.89. The number of aryl methyl sites for hydroxylation is 2. The van der Waals surface area contributed by atoms with Crippen LogP contribution in [0, 0.1) is 13.8 Å². The summed E-state index contributed by atoms with van der Waals surface area (Å²) >= 11 is 0. The van der Waals surface area contributed by atoms with Gasteiger partial charge in [0.15, 0.2) is 5.65 Å². The number of likely N-dealkylation sites (tertiary alicyclic amines) is 1. The second-order valence-corrected chi connectivity index (χ2v) is 6.97. The number of hydrogen-bond acceptors (Lipinski definition) is 4. The van der Waals surface area contributed by atoms with Crippen LogP contribution in [0.1, 0.15) is 42.3 Å². The zero-order valence-electron chi connectivity index (χ0n) is 15.0. The Morgan fingerprint density at radius 1 is 1.31 bits per heavy atom. The maximum Gasteiger partial charge on any atom is 0.272 e. The quantitative estimate of drug-likeness (QED) is 0.774. The summed E-state index contributed by atoms with van der Waals surface area (Å²) in [4.78, 5) is 31.7. The van der Waals surface area contributed by atoms with Gasteiger partial charge in [0.25, 0.3) is 5.56 Å². The highest BCUT2D eigenvalue weighted by Crippen LogP contribution is 2.29. The van der Waals surface area contributed by atoms with Gasteiger partial charge >= 0.3 is 0 Å². The van der Waals surface area contributed by atoms with E-state index in [2.05, 4.69) is 15.2 Å². The lowest BCUT2D eigenvalue weighted by Gasteiger charge is -2.35. The van der Waals surface area contributed by atoms with E-state index in [1.54, 1.807) is 10.9 Å². The van der Waals surface area contributed by atoms with Gasteiger partial charge in [0.05, 0.1) is 17.9 Å². The van der Waals surface area contributed by atoms with Crippen molar-refractivity contribution in [3.8, 4) is 0 Å². The van der Waals surface area contributed by atoms with Crippen LogP contribution in [0.15, 0.2) is 29.3 Å². The summed E-state index contributed by atoms with van der Waals surface area (Å²) in [5, 5.41) is 7.18. The van der Waals surface area contributed by atoms with E-state index in [4.69, 9.17) is 0 Å². The van der Waals surface area contributed by atoms with Crippen LogP contribution >= 0.6 is 0 Å². The molecule has 0 spiro atoms. The molecule has 1 fully saturated rings. The molecule has 8 nitrogen and oxygen atoms in total. The average Bonchev–Trinajstić information content (AvgIpc) is 3.19. The zero-order chi connectivity index (χ0) is 18.3. The lowest BCUT2D eigenvalue weighted by Crippen LogP contribution is -2.41. The van der Waals surface area contributed by atoms with Gasteiger partial charge in [0.2, 0.25) is 5.91 Å². The minimum absolute atomic E-state index is 0.00467. The Morgan fingerprint density at radius 2 is 2.15 bits per heavy atom. The van der Waals surface area contributed by atoms with Crippen LogP contribution in [-0.4, -0.2) is 41.7 Å². The van der Waals surface area contributed by atoms with E-state index in [0.29, 0.717) is 17.9 Å². The van der Waals surface area contributed by atoms with Crippen molar-refractivity contribution in [3.63, 3.8) is 0 Å². The number of rotatable bonds is 3. The van der Waals surface area contributed by atoms with Crippen LogP contribution in [0.25, 0.3) is 5.65 Å². The van der Waals surface area contributed by atoms with Gasteiger partial charge in [-0.05, 0) is 38.7 Å². The molecule has 3 aromatic rings. The van der Waals surface area contributed by atoms with Crippen LogP contribution in [-0.2, 0) is 11.3 Å². The zero-order valence-corrected chi connectivity index (χ0v) is 15.0. The maximum absolute atomic E-state index is 12.9. The third-order valence-corrected chi connectivity index (χ3v) is 4.82. The van der Waals surface area contributed by atoms with E-state index in [9.17, 15) is 9.59 Å². The summed E-state index contributed by atoms with van der Waals surface area (Å²) in [5.41, 5.74) is 3.00. The van der Waals surface area contributed by atoms with E-state index >= 15 is 0 Å². The fraction of sp³-hybridized carbons (Fsp3) is 0.444. The highest BCUT2D eigenvalue weighted by atomic mass is 16.2. The molecule has 0 saturated carbocycles. The number of piperidine rings is 1. The van der Waals surface area contributed by atoms with Gasteiger partial charge in [0, 0.05) is 30.6 Å². The number of nitrogens with one attached hydrogen (secondary N) is 1. The molecule has 0 unspecified atom stereocenters. The predicted molar refractivity (Wildman–Crippen MR) is 95.8 cm³/mol. The SMILES string of the molecule is Cc1cnn(CC(=O)N2CCCC[C@H]2c2cc(=O)n3[nH]c(C)cc3n2)c1. The van der Waals surface area contributed by atoms with Crippen molar-refractivity contribution in [2.45, 2.75) is 45.7 Å². The Labute approximate surface area is 150 Å². The summed E-state index contributed by atoms with van der Waals surface area (Å²) in [6, 6.07) is 3.21. The fourth-order valence-electron chi connectivity index (χ4n) is 3.62. The van der Waals surface area contributed by atoms with E-state index in [-0.39, 0.29) is 24.1 Å². The number of aromatic nitrogens is 5. The molecule has 0 aromatic carbocycles. The number of nitrogens with zero attached hydrogens (tertiary/aromatic N) is 5. The molecule has 1 amide bonds. The molecular weight excluding hydrogens is 332 g/mol. The number of amides is 1. The van der Waals surface area contributed by atoms with Crippen molar-refractivity contribution in [2.75, 3.05) is 6.54 Å². The molecule has 8 heteroatoms. The van der Waals surface area contributed by atoms with Gasteiger partial charge in [-0.3, -0.25) is 19.4 Å². The Hall–Kier alpha value is -2.90. The maximum atomic E-state index is 12.9. The molecule has 0 bridgehead atoms. The molecule has 136 valence electrons. The summed E-state index contributed by atoms with van der Waals surface area (Å²) in [6.45, 7) is 4.71. The molecule has 1 N–H and O–H groups in total. The van der Waals surface area contributed by atoms with Gasteiger partial charge < -0.3 is 4.90 Å². The third kappa shape index (κ3) is 3.02. The topological polar surface area (TPSA) is 88.3 Å². The number of carbonyl (C=O) groups excluding carboxylic acids is 1. The van der Waals surface area contributed by atoms with E-state index in [1.807, 2.05) is 31.0 Å². The van der Waals surface area contributed by atoms with Crippen LogP contribution in [0.2, 0.25) is 0 Å². The van der Waals surface area contributed by atoms with Crippen molar-refractivity contribution < 1.29 is 4.79 Å². The monoisotopic (exact) mass is 354 g/mol. The summed E-state index contributed by atoms with van der Waals surface area (Å²) in [6.07, 6.45) is 6.39. The smallest absolute Gasteiger partial charge is 0.272 e. The Balaban J connectivity index is 1.64. The molecule has 0 aliphatic carbocycles. The highest BCUT2D eigenvalue weighted by molar-refractivity contribution is 5.76. The Bertz CT molecular complexity index is 1010.